The standard InChI is InChI=1S/C13H10Cl3NO/c14-9-4-5-10(15)8(6-9)7-18-13-11(16)2-1-3-12(13)17/h1-6H,7,17H2. The number of halogens is 3. The Morgan fingerprint density at radius 2 is 1.78 bits per heavy atom. The fourth-order valence-corrected chi connectivity index (χ4v) is 2.08. The van der Waals surface area contributed by atoms with Crippen LogP contribution < -0.4 is 10.5 Å². The number of hydrogen-bond donors (Lipinski definition) is 1. The molecule has 0 atom stereocenters. The van der Waals surface area contributed by atoms with Crippen LogP contribution in [0.2, 0.25) is 15.1 Å². The van der Waals surface area contributed by atoms with Gasteiger partial charge in [-0.3, -0.25) is 0 Å². The second kappa shape index (κ2) is 5.70. The molecule has 5 heteroatoms. The third-order valence-electron chi connectivity index (χ3n) is 2.38. The van der Waals surface area contributed by atoms with Gasteiger partial charge in [0.25, 0.3) is 0 Å². The van der Waals surface area contributed by atoms with E-state index in [0.717, 1.165) is 5.56 Å². The van der Waals surface area contributed by atoms with Crippen molar-refractivity contribution in [1.29, 1.82) is 0 Å². The number of benzene rings is 2. The Hall–Kier alpha value is -1.09. The van der Waals surface area contributed by atoms with Crippen LogP contribution in [-0.2, 0) is 6.61 Å². The first-order valence-electron chi connectivity index (χ1n) is 5.18. The highest BCUT2D eigenvalue weighted by molar-refractivity contribution is 6.33. The van der Waals surface area contributed by atoms with Crippen LogP contribution in [0, 0.1) is 0 Å². The van der Waals surface area contributed by atoms with E-state index in [4.69, 9.17) is 45.3 Å². The van der Waals surface area contributed by atoms with E-state index in [0.29, 0.717) is 26.5 Å². The van der Waals surface area contributed by atoms with Crippen LogP contribution in [0.15, 0.2) is 36.4 Å². The van der Waals surface area contributed by atoms with Crippen molar-refractivity contribution in [3.05, 3.63) is 57.0 Å². The Morgan fingerprint density at radius 1 is 1.00 bits per heavy atom. The zero-order valence-corrected chi connectivity index (χ0v) is 11.6. The molecule has 2 N–H and O–H groups in total. The predicted octanol–water partition coefficient (Wildman–Crippen LogP) is 4.81. The lowest BCUT2D eigenvalue weighted by Crippen LogP contribution is -2.00. The molecule has 0 saturated carbocycles. The quantitative estimate of drug-likeness (QED) is 0.826. The van der Waals surface area contributed by atoms with Crippen molar-refractivity contribution >= 4 is 40.5 Å². The lowest BCUT2D eigenvalue weighted by Gasteiger charge is -2.11. The van der Waals surface area contributed by atoms with Crippen molar-refractivity contribution in [2.75, 3.05) is 5.73 Å². The van der Waals surface area contributed by atoms with Crippen LogP contribution in [-0.4, -0.2) is 0 Å². The summed E-state index contributed by atoms with van der Waals surface area (Å²) in [5.41, 5.74) is 7.05. The summed E-state index contributed by atoms with van der Waals surface area (Å²) >= 11 is 17.9. The van der Waals surface area contributed by atoms with Crippen LogP contribution in [0.5, 0.6) is 5.75 Å². The van der Waals surface area contributed by atoms with E-state index < -0.39 is 0 Å². The van der Waals surface area contributed by atoms with Crippen molar-refractivity contribution in [1.82, 2.24) is 0 Å². The minimum atomic E-state index is 0.257. The van der Waals surface area contributed by atoms with Gasteiger partial charge in [0.05, 0.1) is 10.7 Å². The second-order valence-electron chi connectivity index (χ2n) is 3.68. The fraction of sp³-hybridized carbons (Fsp3) is 0.0769. The maximum Gasteiger partial charge on any atom is 0.161 e. The first kappa shape index (κ1) is 13.3. The van der Waals surface area contributed by atoms with Crippen LogP contribution in [0.1, 0.15) is 5.56 Å². The highest BCUT2D eigenvalue weighted by atomic mass is 35.5. The summed E-state index contributed by atoms with van der Waals surface area (Å²) in [6, 6.07) is 10.4. The minimum Gasteiger partial charge on any atom is -0.485 e. The van der Waals surface area contributed by atoms with Crippen LogP contribution >= 0.6 is 34.8 Å². The predicted molar refractivity (Wildman–Crippen MR) is 76.7 cm³/mol. The maximum atomic E-state index is 6.04. The van der Waals surface area contributed by atoms with Crippen molar-refractivity contribution in [2.45, 2.75) is 6.61 Å². The van der Waals surface area contributed by atoms with Gasteiger partial charge in [0.15, 0.2) is 5.75 Å². The van der Waals surface area contributed by atoms with Crippen molar-refractivity contribution in [3.63, 3.8) is 0 Å². The van der Waals surface area contributed by atoms with E-state index >= 15 is 0 Å². The van der Waals surface area contributed by atoms with E-state index in [1.54, 1.807) is 36.4 Å². The summed E-state index contributed by atoms with van der Waals surface area (Å²) in [6.07, 6.45) is 0. The molecule has 2 nitrogen and oxygen atoms in total. The normalized spacial score (nSPS) is 10.4. The molecule has 0 unspecified atom stereocenters. The topological polar surface area (TPSA) is 35.2 Å². The molecule has 0 saturated heterocycles. The Labute approximate surface area is 120 Å². The van der Waals surface area contributed by atoms with E-state index in [9.17, 15) is 0 Å². The summed E-state index contributed by atoms with van der Waals surface area (Å²) in [6.45, 7) is 0.257. The molecule has 2 rings (SSSR count). The summed E-state index contributed by atoms with van der Waals surface area (Å²) in [5.74, 6) is 0.454. The molecule has 0 aliphatic heterocycles. The van der Waals surface area contributed by atoms with E-state index in [-0.39, 0.29) is 6.61 Å². The van der Waals surface area contributed by atoms with Gasteiger partial charge in [0.2, 0.25) is 0 Å². The number of anilines is 1. The van der Waals surface area contributed by atoms with E-state index in [2.05, 4.69) is 0 Å². The van der Waals surface area contributed by atoms with Gasteiger partial charge in [0, 0.05) is 15.6 Å². The molecule has 0 amide bonds. The summed E-state index contributed by atoms with van der Waals surface area (Å²) in [7, 11) is 0. The second-order valence-corrected chi connectivity index (χ2v) is 4.93. The van der Waals surface area contributed by atoms with Crippen molar-refractivity contribution in [2.24, 2.45) is 0 Å². The molecule has 0 aliphatic rings. The molecule has 0 spiro atoms. The Bertz CT molecular complexity index is 552. The molecule has 0 heterocycles. The first-order valence-corrected chi connectivity index (χ1v) is 6.32. The highest BCUT2D eigenvalue weighted by Crippen LogP contribution is 2.32. The van der Waals surface area contributed by atoms with Crippen molar-refractivity contribution in [3.8, 4) is 5.75 Å². The van der Waals surface area contributed by atoms with E-state index in [1.165, 1.54) is 0 Å². The molecular weight excluding hydrogens is 293 g/mol. The molecule has 94 valence electrons. The molecule has 2 aromatic rings. The zero-order valence-electron chi connectivity index (χ0n) is 9.29. The Kier molecular flexibility index (Phi) is 4.23. The number of ether oxygens (including phenoxy) is 1. The lowest BCUT2D eigenvalue weighted by molar-refractivity contribution is 0.308. The van der Waals surface area contributed by atoms with Gasteiger partial charge in [-0.15, -0.1) is 0 Å². The molecule has 2 aromatic carbocycles. The van der Waals surface area contributed by atoms with Gasteiger partial charge in [0.1, 0.15) is 6.61 Å². The number of nitrogen functional groups attached to an aromatic ring is 1. The minimum absolute atomic E-state index is 0.257. The highest BCUT2D eigenvalue weighted by Gasteiger charge is 2.08. The third-order valence-corrected chi connectivity index (χ3v) is 3.28. The summed E-state index contributed by atoms with van der Waals surface area (Å²) in [5, 5.41) is 1.66. The number of hydrogen-bond acceptors (Lipinski definition) is 2. The molecular formula is C13H10Cl3NO. The fourth-order valence-electron chi connectivity index (χ4n) is 1.48. The van der Waals surface area contributed by atoms with Gasteiger partial charge < -0.3 is 10.5 Å². The lowest BCUT2D eigenvalue weighted by atomic mass is 10.2. The third kappa shape index (κ3) is 3.02. The van der Waals surface area contributed by atoms with Crippen molar-refractivity contribution < 1.29 is 4.74 Å². The molecule has 18 heavy (non-hydrogen) atoms. The average Bonchev–Trinajstić information content (AvgIpc) is 2.33. The van der Waals surface area contributed by atoms with Crippen LogP contribution in [0.25, 0.3) is 0 Å². The van der Waals surface area contributed by atoms with Crippen LogP contribution in [0.4, 0.5) is 5.69 Å². The number of rotatable bonds is 3. The van der Waals surface area contributed by atoms with Gasteiger partial charge in [-0.05, 0) is 30.3 Å². The average molecular weight is 303 g/mol. The first-order chi connectivity index (χ1) is 8.58. The van der Waals surface area contributed by atoms with Crippen LogP contribution in [0.3, 0.4) is 0 Å². The molecule has 0 radical (unpaired) electrons. The smallest absolute Gasteiger partial charge is 0.161 e. The van der Waals surface area contributed by atoms with Gasteiger partial charge >= 0.3 is 0 Å². The van der Waals surface area contributed by atoms with Gasteiger partial charge in [-0.1, -0.05) is 40.9 Å². The van der Waals surface area contributed by atoms with E-state index in [1.807, 2.05) is 0 Å². The monoisotopic (exact) mass is 301 g/mol. The van der Waals surface area contributed by atoms with Gasteiger partial charge in [-0.25, -0.2) is 0 Å². The largest absolute Gasteiger partial charge is 0.485 e. The Morgan fingerprint density at radius 3 is 2.50 bits per heavy atom. The summed E-state index contributed by atoms with van der Waals surface area (Å²) in [4.78, 5) is 0. The zero-order chi connectivity index (χ0) is 13.1. The molecule has 0 aromatic heterocycles. The maximum absolute atomic E-state index is 6.04. The number of para-hydroxylation sites is 1. The molecule has 0 aliphatic carbocycles. The Balaban J connectivity index is 2.19. The molecule has 0 bridgehead atoms. The summed E-state index contributed by atoms with van der Waals surface area (Å²) < 4.78 is 5.59. The SMILES string of the molecule is Nc1cccc(Cl)c1OCc1cc(Cl)ccc1Cl. The molecule has 0 fully saturated rings. The number of nitrogens with two attached hydrogens (primary N) is 1. The van der Waals surface area contributed by atoms with Gasteiger partial charge in [-0.2, -0.15) is 0 Å².